The Kier molecular flexibility index (Phi) is 5.26. The molecule has 18 heavy (non-hydrogen) atoms. The van der Waals surface area contributed by atoms with Crippen LogP contribution in [0.1, 0.15) is 13.8 Å². The largest absolute Gasteiger partial charge is 0.664 e. The van der Waals surface area contributed by atoms with Gasteiger partial charge in [0.05, 0.1) is 7.11 Å². The number of rotatable bonds is 5. The van der Waals surface area contributed by atoms with Gasteiger partial charge >= 0.3 is 14.1 Å². The van der Waals surface area contributed by atoms with Crippen molar-refractivity contribution in [3.63, 3.8) is 0 Å². The van der Waals surface area contributed by atoms with Crippen LogP contribution < -0.4 is 9.61 Å². The molecule has 5 nitrogen and oxygen atoms in total. The highest BCUT2D eigenvalue weighted by Crippen LogP contribution is 2.27. The maximum absolute atomic E-state index is 11.7. The van der Waals surface area contributed by atoms with Crippen LogP contribution in [0.3, 0.4) is 0 Å². The number of hydrogen-bond acceptors (Lipinski definition) is 4. The number of benzene rings is 1. The fraction of sp³-hybridized carbons (Fsp3) is 0.364. The van der Waals surface area contributed by atoms with Crippen LogP contribution in [-0.2, 0) is 14.1 Å². The highest BCUT2D eigenvalue weighted by Gasteiger charge is 2.39. The summed E-state index contributed by atoms with van der Waals surface area (Å²) < 4.78 is 22.4. The number of halogens is 1. The monoisotopic (exact) mass is 334 g/mol. The summed E-state index contributed by atoms with van der Waals surface area (Å²) in [6.45, 7) is 3.13. The van der Waals surface area contributed by atoms with Crippen LogP contribution >= 0.6 is 24.1 Å². The van der Waals surface area contributed by atoms with E-state index in [2.05, 4.69) is 25.8 Å². The number of carbonyl (C=O) groups excluding carboxylic acids is 1. The Labute approximate surface area is 115 Å². The van der Waals surface area contributed by atoms with Crippen molar-refractivity contribution in [2.75, 3.05) is 7.11 Å². The molecule has 0 spiro atoms. The molecule has 0 aliphatic rings. The molecule has 0 amide bonds. The third-order valence-corrected chi connectivity index (χ3v) is 3.72. The third kappa shape index (κ3) is 4.37. The average Bonchev–Trinajstić information content (AvgIpc) is 2.30. The molecule has 7 heteroatoms. The van der Waals surface area contributed by atoms with Gasteiger partial charge in [-0.2, -0.15) is 0 Å². The van der Waals surface area contributed by atoms with E-state index in [9.17, 15) is 9.36 Å². The van der Waals surface area contributed by atoms with Gasteiger partial charge in [0.25, 0.3) is 0 Å². The molecule has 1 atom stereocenters. The number of hydrogen-bond donors (Lipinski definition) is 1. The predicted octanol–water partition coefficient (Wildman–Crippen LogP) is 3.03. The summed E-state index contributed by atoms with van der Waals surface area (Å²) in [4.78, 5) is 11.4. The molecule has 0 radical (unpaired) electrons. The highest BCUT2D eigenvalue weighted by molar-refractivity contribution is 9.10. The smallest absolute Gasteiger partial charge is 0.468 e. The van der Waals surface area contributed by atoms with E-state index in [1.54, 1.807) is 38.1 Å². The molecule has 0 saturated carbocycles. The van der Waals surface area contributed by atoms with Crippen molar-refractivity contribution in [3.8, 4) is 5.75 Å². The van der Waals surface area contributed by atoms with E-state index in [0.29, 0.717) is 5.75 Å². The minimum atomic E-state index is -2.21. The van der Waals surface area contributed by atoms with E-state index in [1.165, 1.54) is 7.11 Å². The summed E-state index contributed by atoms with van der Waals surface area (Å²) in [5.74, 6) is -0.0577. The zero-order valence-electron chi connectivity index (χ0n) is 10.3. The van der Waals surface area contributed by atoms with Crippen molar-refractivity contribution in [3.05, 3.63) is 28.7 Å². The second-order valence-electron chi connectivity index (χ2n) is 4.03. The van der Waals surface area contributed by atoms with Gasteiger partial charge < -0.3 is 4.74 Å². The molecule has 1 unspecified atom stereocenters. The fourth-order valence-corrected chi connectivity index (χ4v) is 2.31. The number of nitrogens with one attached hydrogen (secondary N) is 1. The van der Waals surface area contributed by atoms with Crippen LogP contribution in [0.4, 0.5) is 0 Å². The van der Waals surface area contributed by atoms with Crippen molar-refractivity contribution in [2.45, 2.75) is 19.4 Å². The lowest BCUT2D eigenvalue weighted by atomic mass is 10.1. The molecule has 0 fully saturated rings. The van der Waals surface area contributed by atoms with Crippen LogP contribution in [0.2, 0.25) is 0 Å². The van der Waals surface area contributed by atoms with Gasteiger partial charge in [-0.25, -0.2) is 9.32 Å². The van der Waals surface area contributed by atoms with Gasteiger partial charge in [0, 0.05) is 9.04 Å². The lowest BCUT2D eigenvalue weighted by Gasteiger charge is -2.15. The Morgan fingerprint density at radius 2 is 1.89 bits per heavy atom. The van der Waals surface area contributed by atoms with E-state index in [-0.39, 0.29) is 0 Å². The lowest BCUT2D eigenvalue weighted by molar-refractivity contribution is -0.146. The first-order chi connectivity index (χ1) is 8.35. The highest BCUT2D eigenvalue weighted by atomic mass is 79.9. The van der Waals surface area contributed by atoms with Gasteiger partial charge in [-0.3, -0.25) is 0 Å². The van der Waals surface area contributed by atoms with Gasteiger partial charge in [-0.1, -0.05) is 21.0 Å². The fourth-order valence-electron chi connectivity index (χ4n) is 1.14. The van der Waals surface area contributed by atoms with Crippen LogP contribution in [0.15, 0.2) is 28.7 Å². The van der Waals surface area contributed by atoms with Crippen molar-refractivity contribution in [1.82, 2.24) is 5.09 Å². The summed E-state index contributed by atoms with van der Waals surface area (Å²) in [6, 6.07) is 6.88. The molecule has 0 bridgehead atoms. The minimum absolute atomic E-state index is 0.451. The Morgan fingerprint density at radius 1 is 1.33 bits per heavy atom. The maximum Gasteiger partial charge on any atom is 0.664 e. The van der Waals surface area contributed by atoms with Crippen molar-refractivity contribution in [2.24, 2.45) is 0 Å². The Bertz CT molecular complexity index is 447. The van der Waals surface area contributed by atoms with E-state index < -0.39 is 19.7 Å². The molecule has 98 valence electrons. The lowest BCUT2D eigenvalue weighted by Crippen LogP contribution is -2.44. The predicted molar refractivity (Wildman–Crippen MR) is 71.6 cm³/mol. The van der Waals surface area contributed by atoms with Gasteiger partial charge in [0.1, 0.15) is 0 Å². The Morgan fingerprint density at radius 3 is 2.39 bits per heavy atom. The third-order valence-electron chi connectivity index (χ3n) is 2.07. The second-order valence-corrected chi connectivity index (χ2v) is 5.87. The SMILES string of the molecule is COC(=O)C(C)(C)N[P+](=O)Oc1ccc(Br)cc1. The standard InChI is InChI=1S/C11H14BrNO4P/c1-11(2,10(14)16-3)13-18(15)17-9-6-4-8(12)5-7-9/h4-7H,1-3H3,(H,13,15)/q+1. The summed E-state index contributed by atoms with van der Waals surface area (Å²) >= 11 is 3.28. The quantitative estimate of drug-likeness (QED) is 0.662. The molecule has 1 aromatic rings. The van der Waals surface area contributed by atoms with E-state index in [1.807, 2.05) is 0 Å². The first-order valence-corrected chi connectivity index (χ1v) is 7.09. The van der Waals surface area contributed by atoms with E-state index in [4.69, 9.17) is 4.52 Å². The molecular weight excluding hydrogens is 321 g/mol. The van der Waals surface area contributed by atoms with Crippen LogP contribution in [0.5, 0.6) is 5.75 Å². The maximum atomic E-state index is 11.7. The van der Waals surface area contributed by atoms with Gasteiger partial charge in [0.15, 0.2) is 11.3 Å². The van der Waals surface area contributed by atoms with Crippen LogP contribution in [0.25, 0.3) is 0 Å². The molecule has 1 N–H and O–H groups in total. The molecule has 0 aliphatic heterocycles. The number of methoxy groups -OCH3 is 1. The topological polar surface area (TPSA) is 64.6 Å². The molecule has 1 aromatic carbocycles. The Balaban J connectivity index is 2.62. The van der Waals surface area contributed by atoms with Gasteiger partial charge in [-0.05, 0) is 38.1 Å². The van der Waals surface area contributed by atoms with Crippen LogP contribution in [0, 0.1) is 0 Å². The van der Waals surface area contributed by atoms with Crippen molar-refractivity contribution >= 4 is 30.1 Å². The summed E-state index contributed by atoms with van der Waals surface area (Å²) in [6.07, 6.45) is 0. The summed E-state index contributed by atoms with van der Waals surface area (Å²) in [5.41, 5.74) is -1.07. The van der Waals surface area contributed by atoms with Crippen LogP contribution in [-0.4, -0.2) is 18.6 Å². The molecule has 0 heterocycles. The summed E-state index contributed by atoms with van der Waals surface area (Å²) in [5, 5.41) is 2.57. The molecule has 0 aliphatic carbocycles. The average molecular weight is 335 g/mol. The first-order valence-electron chi connectivity index (χ1n) is 5.12. The number of carbonyl (C=O) groups is 1. The molecule has 1 rings (SSSR count). The molecular formula is C11H14BrNO4P+. The van der Waals surface area contributed by atoms with Gasteiger partial charge in [0.2, 0.25) is 0 Å². The normalized spacial score (nSPS) is 11.9. The zero-order valence-corrected chi connectivity index (χ0v) is 12.7. The van der Waals surface area contributed by atoms with Crippen molar-refractivity contribution < 1.29 is 18.6 Å². The van der Waals surface area contributed by atoms with Gasteiger partial charge in [-0.15, -0.1) is 0 Å². The molecule has 0 aromatic heterocycles. The Hall–Kier alpha value is -0.970. The van der Waals surface area contributed by atoms with E-state index in [0.717, 1.165) is 4.47 Å². The zero-order chi connectivity index (χ0) is 13.8. The second kappa shape index (κ2) is 6.27. The van der Waals surface area contributed by atoms with Crippen molar-refractivity contribution in [1.29, 1.82) is 0 Å². The van der Waals surface area contributed by atoms with E-state index >= 15 is 0 Å². The summed E-state index contributed by atoms with van der Waals surface area (Å²) in [7, 11) is -0.937. The number of ether oxygens (including phenoxy) is 1. The first kappa shape index (κ1) is 15.1. The molecule has 0 saturated heterocycles. The minimum Gasteiger partial charge on any atom is -0.468 e. The number of esters is 1.